The predicted molar refractivity (Wildman–Crippen MR) is 103 cm³/mol. The summed E-state index contributed by atoms with van der Waals surface area (Å²) in [6.45, 7) is 1.73. The number of amides is 1. The maximum Gasteiger partial charge on any atom is 0.240 e. The van der Waals surface area contributed by atoms with Gasteiger partial charge in [0.1, 0.15) is 5.82 Å². The largest absolute Gasteiger partial charge is 0.326 e. The zero-order valence-corrected chi connectivity index (χ0v) is 16.0. The number of benzene rings is 2. The van der Waals surface area contributed by atoms with Crippen molar-refractivity contribution in [1.29, 1.82) is 0 Å². The van der Waals surface area contributed by atoms with Gasteiger partial charge in [0.15, 0.2) is 0 Å². The van der Waals surface area contributed by atoms with E-state index in [0.29, 0.717) is 5.69 Å². The molecule has 0 heterocycles. The van der Waals surface area contributed by atoms with Crippen LogP contribution in [0.5, 0.6) is 0 Å². The van der Waals surface area contributed by atoms with Crippen molar-refractivity contribution in [1.82, 2.24) is 4.72 Å². The summed E-state index contributed by atoms with van der Waals surface area (Å²) in [5.74, 6) is -0.819. The van der Waals surface area contributed by atoms with E-state index in [1.54, 1.807) is 25.1 Å². The number of hydrogen-bond donors (Lipinski definition) is 2. The fourth-order valence-corrected chi connectivity index (χ4v) is 4.28. The maximum atomic E-state index is 13.3. The second kappa shape index (κ2) is 8.19. The Labute approximate surface area is 159 Å². The Morgan fingerprint density at radius 3 is 2.59 bits per heavy atom. The van der Waals surface area contributed by atoms with Crippen LogP contribution >= 0.6 is 0 Å². The molecule has 2 aromatic carbocycles. The van der Waals surface area contributed by atoms with Gasteiger partial charge >= 0.3 is 0 Å². The summed E-state index contributed by atoms with van der Waals surface area (Å²) in [4.78, 5) is 12.2. The third-order valence-corrected chi connectivity index (χ3v) is 6.21. The number of rotatable bonds is 6. The molecule has 0 atom stereocenters. The summed E-state index contributed by atoms with van der Waals surface area (Å²) >= 11 is 0. The number of halogens is 1. The van der Waals surface area contributed by atoms with E-state index < -0.39 is 15.8 Å². The van der Waals surface area contributed by atoms with Gasteiger partial charge in [-0.1, -0.05) is 12.1 Å². The molecule has 0 radical (unpaired) electrons. The second-order valence-electron chi connectivity index (χ2n) is 6.79. The Bertz CT molecular complexity index is 958. The molecule has 7 heteroatoms. The van der Waals surface area contributed by atoms with Crippen molar-refractivity contribution in [3.63, 3.8) is 0 Å². The number of sulfonamides is 1. The standard InChI is InChI=1S/C20H23FN2O3S/c1-14-6-8-17(21)13-19(14)23-20(24)10-11-22-27(25,26)18-9-7-15-4-2-3-5-16(15)12-18/h6-9,12-13,22H,2-5,10-11H2,1H3,(H,23,24). The quantitative estimate of drug-likeness (QED) is 0.795. The monoisotopic (exact) mass is 390 g/mol. The maximum absolute atomic E-state index is 13.3. The normalized spacial score (nSPS) is 13.9. The van der Waals surface area contributed by atoms with Gasteiger partial charge in [-0.3, -0.25) is 4.79 Å². The molecule has 3 rings (SSSR count). The van der Waals surface area contributed by atoms with Crippen molar-refractivity contribution in [2.45, 2.75) is 43.9 Å². The average molecular weight is 390 g/mol. The Hall–Kier alpha value is -2.25. The molecular formula is C20H23FN2O3S. The van der Waals surface area contributed by atoms with Gasteiger partial charge in [-0.05, 0) is 73.6 Å². The molecule has 0 saturated carbocycles. The lowest BCUT2D eigenvalue weighted by atomic mass is 9.92. The van der Waals surface area contributed by atoms with Gasteiger partial charge in [-0.2, -0.15) is 0 Å². The van der Waals surface area contributed by atoms with Gasteiger partial charge in [-0.15, -0.1) is 0 Å². The predicted octanol–water partition coefficient (Wildman–Crippen LogP) is 3.32. The van der Waals surface area contributed by atoms with Crippen LogP contribution in [0.15, 0.2) is 41.3 Å². The van der Waals surface area contributed by atoms with Crippen LogP contribution in [0.2, 0.25) is 0 Å². The lowest BCUT2D eigenvalue weighted by Crippen LogP contribution is -2.28. The highest BCUT2D eigenvalue weighted by Gasteiger charge is 2.18. The van der Waals surface area contributed by atoms with E-state index in [9.17, 15) is 17.6 Å². The van der Waals surface area contributed by atoms with E-state index in [1.165, 1.54) is 17.7 Å². The van der Waals surface area contributed by atoms with Crippen molar-refractivity contribution < 1.29 is 17.6 Å². The first-order valence-corrected chi connectivity index (χ1v) is 10.5. The molecule has 27 heavy (non-hydrogen) atoms. The van der Waals surface area contributed by atoms with Gasteiger partial charge in [0.05, 0.1) is 4.90 Å². The highest BCUT2D eigenvalue weighted by Crippen LogP contribution is 2.24. The van der Waals surface area contributed by atoms with Crippen LogP contribution in [-0.2, 0) is 27.7 Å². The van der Waals surface area contributed by atoms with Gasteiger partial charge < -0.3 is 5.32 Å². The third-order valence-electron chi connectivity index (χ3n) is 4.75. The highest BCUT2D eigenvalue weighted by molar-refractivity contribution is 7.89. The molecule has 2 aromatic rings. The number of aryl methyl sites for hydroxylation is 3. The molecule has 1 aliphatic carbocycles. The summed E-state index contributed by atoms with van der Waals surface area (Å²) in [7, 11) is -3.67. The van der Waals surface area contributed by atoms with E-state index in [2.05, 4.69) is 10.0 Å². The SMILES string of the molecule is Cc1ccc(F)cc1NC(=O)CCNS(=O)(=O)c1ccc2c(c1)CCCC2. The Balaban J connectivity index is 1.57. The summed E-state index contributed by atoms with van der Waals surface area (Å²) in [5, 5.41) is 2.60. The number of fused-ring (bicyclic) bond motifs is 1. The minimum absolute atomic E-state index is 0.0282. The van der Waals surface area contributed by atoms with Crippen molar-refractivity contribution in [2.24, 2.45) is 0 Å². The van der Waals surface area contributed by atoms with E-state index >= 15 is 0 Å². The lowest BCUT2D eigenvalue weighted by molar-refractivity contribution is -0.116. The Kier molecular flexibility index (Phi) is 5.92. The molecule has 0 aromatic heterocycles. The minimum Gasteiger partial charge on any atom is -0.326 e. The zero-order chi connectivity index (χ0) is 19.4. The first-order chi connectivity index (χ1) is 12.8. The molecule has 144 valence electrons. The molecule has 0 saturated heterocycles. The average Bonchev–Trinajstić information content (AvgIpc) is 2.64. The number of nitrogens with one attached hydrogen (secondary N) is 2. The topological polar surface area (TPSA) is 75.3 Å². The van der Waals surface area contributed by atoms with E-state index in [4.69, 9.17) is 0 Å². The number of carbonyl (C=O) groups excluding carboxylic acids is 1. The summed E-state index contributed by atoms with van der Waals surface area (Å²) in [6, 6.07) is 9.35. The summed E-state index contributed by atoms with van der Waals surface area (Å²) in [5.41, 5.74) is 3.42. The number of anilines is 1. The molecule has 1 aliphatic rings. The van der Waals surface area contributed by atoms with Crippen LogP contribution in [-0.4, -0.2) is 20.9 Å². The van der Waals surface area contributed by atoms with E-state index in [0.717, 1.165) is 36.8 Å². The lowest BCUT2D eigenvalue weighted by Gasteiger charge is -2.16. The number of hydrogen-bond acceptors (Lipinski definition) is 3. The van der Waals surface area contributed by atoms with Crippen molar-refractivity contribution >= 4 is 21.6 Å². The molecule has 5 nitrogen and oxygen atoms in total. The van der Waals surface area contributed by atoms with E-state index in [-0.39, 0.29) is 23.8 Å². The van der Waals surface area contributed by atoms with Gasteiger partial charge in [-0.25, -0.2) is 17.5 Å². The molecule has 2 N–H and O–H groups in total. The molecule has 0 bridgehead atoms. The highest BCUT2D eigenvalue weighted by atomic mass is 32.2. The van der Waals surface area contributed by atoms with Crippen LogP contribution in [0, 0.1) is 12.7 Å². The molecule has 0 spiro atoms. The Morgan fingerprint density at radius 2 is 1.81 bits per heavy atom. The smallest absolute Gasteiger partial charge is 0.240 e. The molecule has 0 fully saturated rings. The van der Waals surface area contributed by atoms with Crippen molar-refractivity contribution in [3.8, 4) is 0 Å². The minimum atomic E-state index is -3.67. The number of carbonyl (C=O) groups is 1. The van der Waals surface area contributed by atoms with Crippen LogP contribution in [0.4, 0.5) is 10.1 Å². The second-order valence-corrected chi connectivity index (χ2v) is 8.56. The fraction of sp³-hybridized carbons (Fsp3) is 0.350. The molecule has 1 amide bonds. The van der Waals surface area contributed by atoms with Crippen LogP contribution < -0.4 is 10.0 Å². The zero-order valence-electron chi connectivity index (χ0n) is 15.2. The van der Waals surface area contributed by atoms with Crippen LogP contribution in [0.1, 0.15) is 36.0 Å². The third kappa shape index (κ3) is 4.93. The Morgan fingerprint density at radius 1 is 1.07 bits per heavy atom. The van der Waals surface area contributed by atoms with Crippen molar-refractivity contribution in [3.05, 3.63) is 58.9 Å². The van der Waals surface area contributed by atoms with Gasteiger partial charge in [0.2, 0.25) is 15.9 Å². The molecule has 0 aliphatic heterocycles. The van der Waals surface area contributed by atoms with E-state index in [1.807, 2.05) is 6.07 Å². The van der Waals surface area contributed by atoms with Gasteiger partial charge in [0, 0.05) is 18.7 Å². The first kappa shape index (κ1) is 19.5. The summed E-state index contributed by atoms with van der Waals surface area (Å²) < 4.78 is 40.7. The fourth-order valence-electron chi connectivity index (χ4n) is 3.20. The van der Waals surface area contributed by atoms with Gasteiger partial charge in [0.25, 0.3) is 0 Å². The van der Waals surface area contributed by atoms with Crippen LogP contribution in [0.3, 0.4) is 0 Å². The molecular weight excluding hydrogens is 367 g/mol. The summed E-state index contributed by atoms with van der Waals surface area (Å²) in [6.07, 6.45) is 4.05. The van der Waals surface area contributed by atoms with Crippen LogP contribution in [0.25, 0.3) is 0 Å². The first-order valence-electron chi connectivity index (χ1n) is 9.02. The molecule has 0 unspecified atom stereocenters. The van der Waals surface area contributed by atoms with Crippen molar-refractivity contribution in [2.75, 3.05) is 11.9 Å².